The summed E-state index contributed by atoms with van der Waals surface area (Å²) >= 11 is 0. The lowest BCUT2D eigenvalue weighted by Crippen LogP contribution is -2.23. The van der Waals surface area contributed by atoms with Crippen LogP contribution in [0.25, 0.3) is 10.9 Å². The van der Waals surface area contributed by atoms with E-state index in [1.165, 1.54) is 28.6 Å². The van der Waals surface area contributed by atoms with Crippen LogP contribution < -0.4 is 0 Å². The molecule has 3 rings (SSSR count). The molecule has 4 heteroatoms. The number of ether oxygens (including phenoxy) is 2. The predicted octanol–water partition coefficient (Wildman–Crippen LogP) is 5.57. The zero-order valence-electron chi connectivity index (χ0n) is 17.3. The minimum atomic E-state index is -0.0517. The summed E-state index contributed by atoms with van der Waals surface area (Å²) < 4.78 is 13.8. The van der Waals surface area contributed by atoms with Gasteiger partial charge in [0.25, 0.3) is 0 Å². The average molecular weight is 371 g/mol. The van der Waals surface area contributed by atoms with Crippen LogP contribution in [0.1, 0.15) is 65.4 Å². The number of aliphatic imine (C=N–C) groups is 1. The van der Waals surface area contributed by atoms with Gasteiger partial charge in [-0.2, -0.15) is 0 Å². The number of aromatic nitrogens is 1. The van der Waals surface area contributed by atoms with Crippen LogP contribution in [0, 0.1) is 0 Å². The van der Waals surface area contributed by atoms with Crippen molar-refractivity contribution in [1.82, 2.24) is 4.57 Å². The van der Waals surface area contributed by atoms with E-state index in [1.54, 1.807) is 0 Å². The summed E-state index contributed by atoms with van der Waals surface area (Å²) in [6.45, 7) is 11.1. The van der Waals surface area contributed by atoms with Crippen LogP contribution in [0.2, 0.25) is 0 Å². The molecule has 0 amide bonds. The Hall–Kier alpha value is -1.65. The van der Waals surface area contributed by atoms with E-state index < -0.39 is 0 Å². The molecule has 1 aromatic heterocycles. The first-order valence-corrected chi connectivity index (χ1v) is 10.4. The van der Waals surface area contributed by atoms with Crippen molar-refractivity contribution >= 4 is 16.6 Å². The zero-order valence-corrected chi connectivity index (χ0v) is 17.3. The second-order valence-electron chi connectivity index (χ2n) is 8.43. The van der Waals surface area contributed by atoms with Crippen molar-refractivity contribution in [2.45, 2.75) is 78.2 Å². The summed E-state index contributed by atoms with van der Waals surface area (Å²) in [4.78, 5) is 4.96. The number of hydrogen-bond donors (Lipinski definition) is 0. The van der Waals surface area contributed by atoms with Crippen molar-refractivity contribution in [2.75, 3.05) is 13.2 Å². The molecule has 27 heavy (non-hydrogen) atoms. The third kappa shape index (κ3) is 5.66. The summed E-state index contributed by atoms with van der Waals surface area (Å²) in [6, 6.07) is 8.90. The first-order valence-electron chi connectivity index (χ1n) is 10.4. The van der Waals surface area contributed by atoms with Gasteiger partial charge < -0.3 is 14.0 Å². The lowest BCUT2D eigenvalue weighted by molar-refractivity contribution is -0.163. The summed E-state index contributed by atoms with van der Waals surface area (Å²) in [7, 11) is 0. The van der Waals surface area contributed by atoms with Gasteiger partial charge in [0.15, 0.2) is 6.29 Å². The maximum absolute atomic E-state index is 5.89. The molecule has 2 aromatic rings. The number of fused-ring (bicyclic) bond motifs is 1. The van der Waals surface area contributed by atoms with E-state index in [4.69, 9.17) is 14.5 Å². The van der Waals surface area contributed by atoms with E-state index in [9.17, 15) is 0 Å². The highest BCUT2D eigenvalue weighted by Gasteiger charge is 2.15. The van der Waals surface area contributed by atoms with Crippen molar-refractivity contribution in [3.8, 4) is 0 Å². The molecule has 148 valence electrons. The van der Waals surface area contributed by atoms with Gasteiger partial charge in [0.05, 0.1) is 12.1 Å². The molecule has 0 spiro atoms. The minimum absolute atomic E-state index is 0.0163. The lowest BCUT2D eigenvalue weighted by Gasteiger charge is -2.22. The van der Waals surface area contributed by atoms with Crippen LogP contribution in [0.5, 0.6) is 0 Å². The quantitative estimate of drug-likeness (QED) is 0.597. The predicted molar refractivity (Wildman–Crippen MR) is 113 cm³/mol. The van der Waals surface area contributed by atoms with E-state index in [0.717, 1.165) is 38.8 Å². The Kier molecular flexibility index (Phi) is 6.72. The highest BCUT2D eigenvalue weighted by Crippen LogP contribution is 2.21. The molecule has 0 saturated carbocycles. The van der Waals surface area contributed by atoms with Crippen LogP contribution in [0.4, 0.5) is 0 Å². The Morgan fingerprint density at radius 1 is 1.26 bits per heavy atom. The van der Waals surface area contributed by atoms with Gasteiger partial charge in [0, 0.05) is 36.0 Å². The van der Waals surface area contributed by atoms with E-state index in [1.807, 2.05) is 0 Å². The van der Waals surface area contributed by atoms with Crippen molar-refractivity contribution < 1.29 is 9.47 Å². The Morgan fingerprint density at radius 2 is 2.11 bits per heavy atom. The molecule has 1 unspecified atom stereocenters. The summed E-state index contributed by atoms with van der Waals surface area (Å²) in [5.41, 5.74) is 3.64. The van der Waals surface area contributed by atoms with Gasteiger partial charge in [-0.05, 0) is 70.2 Å². The van der Waals surface area contributed by atoms with Crippen LogP contribution in [-0.2, 0) is 16.0 Å². The first kappa shape index (κ1) is 20.1. The number of hydrogen-bond acceptors (Lipinski definition) is 3. The summed E-state index contributed by atoms with van der Waals surface area (Å²) in [5.74, 6) is 0. The molecular formula is C23H34N2O2. The number of nitrogens with zero attached hydrogens (tertiary/aromatic N) is 2. The normalized spacial score (nSPS) is 19.0. The van der Waals surface area contributed by atoms with Crippen molar-refractivity contribution in [3.63, 3.8) is 0 Å². The van der Waals surface area contributed by atoms with Crippen molar-refractivity contribution in [3.05, 3.63) is 36.0 Å². The Bertz CT molecular complexity index is 764. The molecule has 1 fully saturated rings. The molecule has 1 aromatic carbocycles. The molecule has 2 heterocycles. The fourth-order valence-corrected chi connectivity index (χ4v) is 3.61. The van der Waals surface area contributed by atoms with E-state index in [0.29, 0.717) is 6.61 Å². The Morgan fingerprint density at radius 3 is 2.81 bits per heavy atom. The molecule has 0 aliphatic carbocycles. The molecule has 1 atom stereocenters. The van der Waals surface area contributed by atoms with Crippen LogP contribution in [0.3, 0.4) is 0 Å². The molecule has 1 aliphatic rings. The molecular weight excluding hydrogens is 336 g/mol. The highest BCUT2D eigenvalue weighted by molar-refractivity contribution is 6.03. The standard InChI is InChI=1S/C23H34N2O2/c1-5-8-20(24-23(2,3)4)18-10-11-21-19(17-18)12-13-25(21)14-16-27-22-9-6-7-15-26-22/h10-13,17,22H,5-9,14-16H2,1-4H3/b24-20+. The third-order valence-corrected chi connectivity index (χ3v) is 4.84. The van der Waals surface area contributed by atoms with Gasteiger partial charge in [-0.15, -0.1) is 0 Å². The number of benzene rings is 1. The molecule has 0 radical (unpaired) electrons. The minimum Gasteiger partial charge on any atom is -0.353 e. The topological polar surface area (TPSA) is 35.8 Å². The van der Waals surface area contributed by atoms with Gasteiger partial charge in [-0.25, -0.2) is 0 Å². The second kappa shape index (κ2) is 9.03. The molecule has 1 aliphatic heterocycles. The maximum Gasteiger partial charge on any atom is 0.157 e. The summed E-state index contributed by atoms with van der Waals surface area (Å²) in [6.07, 6.45) is 7.63. The zero-order chi connectivity index (χ0) is 19.3. The smallest absolute Gasteiger partial charge is 0.157 e. The van der Waals surface area contributed by atoms with Gasteiger partial charge in [-0.1, -0.05) is 19.4 Å². The Labute approximate surface area is 163 Å². The maximum atomic E-state index is 5.89. The largest absolute Gasteiger partial charge is 0.353 e. The average Bonchev–Trinajstić information content (AvgIpc) is 3.03. The molecule has 0 bridgehead atoms. The van der Waals surface area contributed by atoms with Gasteiger partial charge >= 0.3 is 0 Å². The van der Waals surface area contributed by atoms with Gasteiger partial charge in [-0.3, -0.25) is 4.99 Å². The summed E-state index contributed by atoms with van der Waals surface area (Å²) in [5, 5.41) is 1.26. The first-order chi connectivity index (χ1) is 13.0. The van der Waals surface area contributed by atoms with Gasteiger partial charge in [0.2, 0.25) is 0 Å². The monoisotopic (exact) mass is 370 g/mol. The Balaban J connectivity index is 1.70. The van der Waals surface area contributed by atoms with Crippen molar-refractivity contribution in [2.24, 2.45) is 4.99 Å². The van der Waals surface area contributed by atoms with E-state index in [2.05, 4.69) is 62.7 Å². The van der Waals surface area contributed by atoms with Crippen LogP contribution in [-0.4, -0.2) is 35.3 Å². The molecule has 1 saturated heterocycles. The number of rotatable bonds is 7. The van der Waals surface area contributed by atoms with Crippen LogP contribution in [0.15, 0.2) is 35.5 Å². The third-order valence-electron chi connectivity index (χ3n) is 4.84. The fourth-order valence-electron chi connectivity index (χ4n) is 3.61. The van der Waals surface area contributed by atoms with Crippen LogP contribution >= 0.6 is 0 Å². The highest BCUT2D eigenvalue weighted by atomic mass is 16.7. The van der Waals surface area contributed by atoms with Crippen molar-refractivity contribution in [1.29, 1.82) is 0 Å². The van der Waals surface area contributed by atoms with E-state index >= 15 is 0 Å². The molecule has 0 N–H and O–H groups in total. The molecule has 4 nitrogen and oxygen atoms in total. The lowest BCUT2D eigenvalue weighted by atomic mass is 10.0. The fraction of sp³-hybridized carbons (Fsp3) is 0.609. The second-order valence-corrected chi connectivity index (χ2v) is 8.43. The SMILES string of the molecule is CCC/C(=N\C(C)(C)C)c1ccc2c(ccn2CCOC2CCCCO2)c1. The van der Waals surface area contributed by atoms with E-state index in [-0.39, 0.29) is 11.8 Å². The van der Waals surface area contributed by atoms with Gasteiger partial charge in [0.1, 0.15) is 0 Å².